The summed E-state index contributed by atoms with van der Waals surface area (Å²) in [5.41, 5.74) is 7.78. The van der Waals surface area contributed by atoms with E-state index in [0.29, 0.717) is 6.04 Å². The Bertz CT molecular complexity index is 369. The first kappa shape index (κ1) is 11.3. The smallest absolute Gasteiger partial charge is 0.148 e. The van der Waals surface area contributed by atoms with E-state index in [2.05, 4.69) is 24.3 Å². The molecule has 3 N–H and O–H groups in total. The highest BCUT2D eigenvalue weighted by Crippen LogP contribution is 2.30. The van der Waals surface area contributed by atoms with E-state index in [1.165, 1.54) is 19.3 Å². The standard InChI is InChI=1S/C12H22N4/c1-4-16-12(11(13)9(3)15-16)14-10-6-5-8(2)7-10/h8,10,14H,4-7,13H2,1-3H3. The third-order valence-electron chi connectivity index (χ3n) is 3.51. The Balaban J connectivity index is 2.14. The molecule has 0 aromatic carbocycles. The molecule has 1 aliphatic carbocycles. The van der Waals surface area contributed by atoms with Crippen LogP contribution in [0.3, 0.4) is 0 Å². The number of anilines is 2. The molecular formula is C12H22N4. The van der Waals surface area contributed by atoms with Crippen molar-refractivity contribution in [1.82, 2.24) is 9.78 Å². The molecule has 0 radical (unpaired) electrons. The summed E-state index contributed by atoms with van der Waals surface area (Å²) >= 11 is 0. The lowest BCUT2D eigenvalue weighted by atomic mass is 10.1. The summed E-state index contributed by atoms with van der Waals surface area (Å²) < 4.78 is 1.97. The van der Waals surface area contributed by atoms with Crippen LogP contribution >= 0.6 is 0 Å². The number of rotatable bonds is 3. The molecule has 2 rings (SSSR count). The Morgan fingerprint density at radius 2 is 2.25 bits per heavy atom. The van der Waals surface area contributed by atoms with Crippen LogP contribution in [0.25, 0.3) is 0 Å². The van der Waals surface area contributed by atoms with Gasteiger partial charge in [-0.05, 0) is 39.0 Å². The van der Waals surface area contributed by atoms with Gasteiger partial charge in [-0.25, -0.2) is 4.68 Å². The van der Waals surface area contributed by atoms with E-state index in [0.717, 1.165) is 29.7 Å². The fourth-order valence-electron chi connectivity index (χ4n) is 2.51. The van der Waals surface area contributed by atoms with Crippen molar-refractivity contribution >= 4 is 11.5 Å². The summed E-state index contributed by atoms with van der Waals surface area (Å²) in [4.78, 5) is 0. The summed E-state index contributed by atoms with van der Waals surface area (Å²) in [6, 6.07) is 0.568. The fraction of sp³-hybridized carbons (Fsp3) is 0.750. The largest absolute Gasteiger partial charge is 0.394 e. The first-order valence-electron chi connectivity index (χ1n) is 6.21. The summed E-state index contributed by atoms with van der Waals surface area (Å²) in [7, 11) is 0. The van der Waals surface area contributed by atoms with Crippen molar-refractivity contribution in [1.29, 1.82) is 0 Å². The van der Waals surface area contributed by atoms with Crippen LogP contribution in [-0.4, -0.2) is 15.8 Å². The van der Waals surface area contributed by atoms with Crippen LogP contribution in [0.15, 0.2) is 0 Å². The summed E-state index contributed by atoms with van der Waals surface area (Å²) in [6.45, 7) is 7.23. The second-order valence-corrected chi connectivity index (χ2v) is 4.92. The zero-order valence-electron chi connectivity index (χ0n) is 10.5. The summed E-state index contributed by atoms with van der Waals surface area (Å²) in [6.07, 6.45) is 3.80. The lowest BCUT2D eigenvalue weighted by Gasteiger charge is -2.15. The zero-order valence-corrected chi connectivity index (χ0v) is 10.5. The number of nitrogens with one attached hydrogen (secondary N) is 1. The van der Waals surface area contributed by atoms with Crippen LogP contribution in [0, 0.1) is 12.8 Å². The first-order chi connectivity index (χ1) is 7.61. The molecule has 1 heterocycles. The normalized spacial score (nSPS) is 24.9. The molecule has 0 amide bonds. The zero-order chi connectivity index (χ0) is 11.7. The molecular weight excluding hydrogens is 200 g/mol. The highest BCUT2D eigenvalue weighted by Gasteiger charge is 2.23. The van der Waals surface area contributed by atoms with Gasteiger partial charge in [-0.15, -0.1) is 0 Å². The minimum Gasteiger partial charge on any atom is -0.394 e. The van der Waals surface area contributed by atoms with Gasteiger partial charge in [0, 0.05) is 12.6 Å². The van der Waals surface area contributed by atoms with Gasteiger partial charge in [0.25, 0.3) is 0 Å². The third kappa shape index (κ3) is 2.01. The van der Waals surface area contributed by atoms with E-state index in [1.807, 2.05) is 11.6 Å². The first-order valence-corrected chi connectivity index (χ1v) is 6.21. The third-order valence-corrected chi connectivity index (χ3v) is 3.51. The van der Waals surface area contributed by atoms with E-state index < -0.39 is 0 Å². The van der Waals surface area contributed by atoms with Gasteiger partial charge in [0.05, 0.1) is 11.4 Å². The second kappa shape index (κ2) is 4.36. The van der Waals surface area contributed by atoms with Gasteiger partial charge in [0.1, 0.15) is 5.82 Å². The molecule has 1 saturated carbocycles. The minimum atomic E-state index is 0.568. The number of hydrogen-bond acceptors (Lipinski definition) is 3. The van der Waals surface area contributed by atoms with E-state index in [9.17, 15) is 0 Å². The minimum absolute atomic E-state index is 0.568. The molecule has 1 aromatic rings. The number of hydrogen-bond donors (Lipinski definition) is 2. The van der Waals surface area contributed by atoms with Crippen molar-refractivity contribution in [2.45, 2.75) is 52.6 Å². The molecule has 2 atom stereocenters. The van der Waals surface area contributed by atoms with E-state index in [1.54, 1.807) is 0 Å². The number of nitrogens with zero attached hydrogens (tertiary/aromatic N) is 2. The van der Waals surface area contributed by atoms with Gasteiger partial charge in [-0.1, -0.05) is 6.92 Å². The molecule has 4 nitrogen and oxygen atoms in total. The molecule has 2 unspecified atom stereocenters. The van der Waals surface area contributed by atoms with Crippen molar-refractivity contribution in [3.05, 3.63) is 5.69 Å². The predicted molar refractivity (Wildman–Crippen MR) is 67.5 cm³/mol. The van der Waals surface area contributed by atoms with Gasteiger partial charge in [-0.2, -0.15) is 5.10 Å². The molecule has 0 spiro atoms. The van der Waals surface area contributed by atoms with Crippen molar-refractivity contribution in [3.63, 3.8) is 0 Å². The van der Waals surface area contributed by atoms with Crippen molar-refractivity contribution in [3.8, 4) is 0 Å². The van der Waals surface area contributed by atoms with Crippen LogP contribution in [0.2, 0.25) is 0 Å². The molecule has 90 valence electrons. The summed E-state index contributed by atoms with van der Waals surface area (Å²) in [5.74, 6) is 1.84. The van der Waals surface area contributed by atoms with E-state index in [-0.39, 0.29) is 0 Å². The van der Waals surface area contributed by atoms with Crippen LogP contribution in [0.4, 0.5) is 11.5 Å². The molecule has 0 bridgehead atoms. The van der Waals surface area contributed by atoms with Crippen LogP contribution in [0.5, 0.6) is 0 Å². The Hall–Kier alpha value is -1.19. The second-order valence-electron chi connectivity index (χ2n) is 4.92. The Labute approximate surface area is 97.2 Å². The average Bonchev–Trinajstić information content (AvgIpc) is 2.77. The maximum atomic E-state index is 6.05. The van der Waals surface area contributed by atoms with Crippen molar-refractivity contribution in [2.24, 2.45) is 5.92 Å². The van der Waals surface area contributed by atoms with Gasteiger partial charge >= 0.3 is 0 Å². The number of nitrogens with two attached hydrogens (primary N) is 1. The van der Waals surface area contributed by atoms with Crippen LogP contribution in [-0.2, 0) is 6.54 Å². The SMILES string of the molecule is CCn1nc(C)c(N)c1NC1CCC(C)C1. The van der Waals surface area contributed by atoms with Gasteiger partial charge in [-0.3, -0.25) is 0 Å². The van der Waals surface area contributed by atoms with Crippen molar-refractivity contribution in [2.75, 3.05) is 11.1 Å². The molecule has 1 aromatic heterocycles. The molecule has 0 aliphatic heterocycles. The number of nitrogen functional groups attached to an aromatic ring is 1. The monoisotopic (exact) mass is 222 g/mol. The Morgan fingerprint density at radius 3 is 2.81 bits per heavy atom. The van der Waals surface area contributed by atoms with E-state index in [4.69, 9.17) is 5.73 Å². The average molecular weight is 222 g/mol. The topological polar surface area (TPSA) is 55.9 Å². The fourth-order valence-corrected chi connectivity index (χ4v) is 2.51. The lowest BCUT2D eigenvalue weighted by molar-refractivity contribution is 0.597. The lowest BCUT2D eigenvalue weighted by Crippen LogP contribution is -2.19. The Morgan fingerprint density at radius 1 is 1.50 bits per heavy atom. The Kier molecular flexibility index (Phi) is 3.08. The van der Waals surface area contributed by atoms with Gasteiger partial charge in [0.15, 0.2) is 0 Å². The predicted octanol–water partition coefficient (Wildman–Crippen LogP) is 2.39. The van der Waals surface area contributed by atoms with E-state index >= 15 is 0 Å². The number of aryl methyl sites for hydroxylation is 2. The summed E-state index contributed by atoms with van der Waals surface area (Å²) in [5, 5.41) is 7.97. The van der Waals surface area contributed by atoms with Gasteiger partial charge < -0.3 is 11.1 Å². The van der Waals surface area contributed by atoms with Crippen molar-refractivity contribution < 1.29 is 0 Å². The number of aromatic nitrogens is 2. The molecule has 1 fully saturated rings. The maximum absolute atomic E-state index is 6.05. The molecule has 0 saturated heterocycles. The maximum Gasteiger partial charge on any atom is 0.148 e. The highest BCUT2D eigenvalue weighted by molar-refractivity contribution is 5.65. The molecule has 16 heavy (non-hydrogen) atoms. The quantitative estimate of drug-likeness (QED) is 0.825. The molecule has 1 aliphatic rings. The molecule has 4 heteroatoms. The van der Waals surface area contributed by atoms with Crippen LogP contribution in [0.1, 0.15) is 38.8 Å². The van der Waals surface area contributed by atoms with Crippen LogP contribution < -0.4 is 11.1 Å². The highest BCUT2D eigenvalue weighted by atomic mass is 15.3. The van der Waals surface area contributed by atoms with Gasteiger partial charge in [0.2, 0.25) is 0 Å².